The molecule has 0 radical (unpaired) electrons. The van der Waals surface area contributed by atoms with E-state index in [2.05, 4.69) is 11.6 Å². The number of hydrogen-bond donors (Lipinski definition) is 0. The minimum Gasteiger partial charge on any atom is -0.399 e. The van der Waals surface area contributed by atoms with Gasteiger partial charge in [0.2, 0.25) is 0 Å². The van der Waals surface area contributed by atoms with E-state index < -0.39 is 18.3 Å². The highest BCUT2D eigenvalue weighted by Gasteiger charge is 2.52. The summed E-state index contributed by atoms with van der Waals surface area (Å²) in [6, 6.07) is 0. The first-order valence-corrected chi connectivity index (χ1v) is 5.57. The van der Waals surface area contributed by atoms with Crippen molar-refractivity contribution in [3.05, 3.63) is 23.7 Å². The molecule has 17 heavy (non-hydrogen) atoms. The van der Waals surface area contributed by atoms with Gasteiger partial charge < -0.3 is 9.31 Å². The Balaban J connectivity index is 2.23. The first-order chi connectivity index (χ1) is 7.73. The van der Waals surface area contributed by atoms with Gasteiger partial charge in [-0.25, -0.2) is 4.99 Å². The van der Waals surface area contributed by atoms with Crippen LogP contribution in [0.3, 0.4) is 0 Å². The van der Waals surface area contributed by atoms with E-state index in [4.69, 9.17) is 9.31 Å². The van der Waals surface area contributed by atoms with E-state index in [9.17, 15) is 4.79 Å². The third kappa shape index (κ3) is 2.00. The van der Waals surface area contributed by atoms with Crippen molar-refractivity contribution >= 4 is 19.2 Å². The summed E-state index contributed by atoms with van der Waals surface area (Å²) >= 11 is 0. The molecule has 0 aromatic heterocycles. The molecule has 0 aromatic rings. The van der Waals surface area contributed by atoms with Crippen LogP contribution < -0.4 is 0 Å². The molecule has 1 saturated heterocycles. The van der Waals surface area contributed by atoms with E-state index in [0.717, 1.165) is 5.47 Å². The summed E-state index contributed by atoms with van der Waals surface area (Å²) in [5.41, 5.74) is 0.301. The molecule has 0 aromatic carbocycles. The van der Waals surface area contributed by atoms with Crippen molar-refractivity contribution < 1.29 is 14.1 Å². The van der Waals surface area contributed by atoms with E-state index in [-0.39, 0.29) is 5.91 Å². The molecule has 2 rings (SSSR count). The highest BCUT2D eigenvalue weighted by atomic mass is 16.7. The lowest BCUT2D eigenvalue weighted by Crippen LogP contribution is -2.41. The molecule has 1 fully saturated rings. The van der Waals surface area contributed by atoms with Crippen LogP contribution in [0.1, 0.15) is 27.7 Å². The molecule has 2 aliphatic heterocycles. The Hall–Kier alpha value is -1.20. The second-order valence-corrected chi connectivity index (χ2v) is 5.32. The summed E-state index contributed by atoms with van der Waals surface area (Å²) in [7, 11) is -0.492. The van der Waals surface area contributed by atoms with Crippen molar-refractivity contribution in [3.63, 3.8) is 0 Å². The Labute approximate surface area is 102 Å². The van der Waals surface area contributed by atoms with Gasteiger partial charge >= 0.3 is 7.12 Å². The summed E-state index contributed by atoms with van der Waals surface area (Å²) in [5, 5.41) is 0. The molecule has 0 atom stereocenters. The lowest BCUT2D eigenvalue weighted by Gasteiger charge is -2.32. The van der Waals surface area contributed by atoms with Crippen molar-refractivity contribution in [2.45, 2.75) is 38.9 Å². The van der Waals surface area contributed by atoms with E-state index in [0.29, 0.717) is 5.57 Å². The Kier molecular flexibility index (Phi) is 2.63. The van der Waals surface area contributed by atoms with E-state index in [1.807, 2.05) is 27.7 Å². The van der Waals surface area contributed by atoms with Crippen LogP contribution in [0.2, 0.25) is 0 Å². The summed E-state index contributed by atoms with van der Waals surface area (Å²) in [6.45, 7) is 11.6. The van der Waals surface area contributed by atoms with E-state index in [1.165, 1.54) is 6.21 Å². The number of carbonyl (C=O) groups excluding carboxylic acids is 1. The number of allylic oxidation sites excluding steroid dienone is 1. The van der Waals surface area contributed by atoms with Gasteiger partial charge in [0.25, 0.3) is 5.91 Å². The topological polar surface area (TPSA) is 47.9 Å². The third-order valence-electron chi connectivity index (χ3n) is 3.47. The fourth-order valence-corrected chi connectivity index (χ4v) is 1.62. The van der Waals surface area contributed by atoms with Crippen LogP contribution in [0.25, 0.3) is 0 Å². The molecule has 1 amide bonds. The minimum atomic E-state index is -0.492. The normalized spacial score (nSPS) is 26.4. The molecule has 90 valence electrons. The zero-order chi connectivity index (χ0) is 12.8. The molecule has 4 nitrogen and oxygen atoms in total. The zero-order valence-corrected chi connectivity index (χ0v) is 10.6. The summed E-state index contributed by atoms with van der Waals surface area (Å²) < 4.78 is 11.7. The molecule has 0 bridgehead atoms. The number of dihydropyridines is 1. The molecule has 2 aliphatic rings. The van der Waals surface area contributed by atoms with Gasteiger partial charge in [-0.05, 0) is 33.8 Å². The number of rotatable bonds is 1. The maximum Gasteiger partial charge on any atom is 0.496 e. The van der Waals surface area contributed by atoms with Crippen LogP contribution in [0.15, 0.2) is 28.7 Å². The average Bonchev–Trinajstić information content (AvgIpc) is 2.41. The SMILES string of the molecule is C=C1C=C(B2OC(C)(C)C(C)(C)O2)C=NC1=O. The summed E-state index contributed by atoms with van der Waals surface area (Å²) in [5.74, 6) is -0.315. The molecular formula is C12H16BNO3. The largest absolute Gasteiger partial charge is 0.496 e. The van der Waals surface area contributed by atoms with Crippen molar-refractivity contribution in [1.82, 2.24) is 0 Å². The van der Waals surface area contributed by atoms with Gasteiger partial charge in [-0.1, -0.05) is 6.58 Å². The molecule has 0 spiro atoms. The number of carbonyl (C=O) groups is 1. The van der Waals surface area contributed by atoms with Crippen molar-refractivity contribution in [2.24, 2.45) is 4.99 Å². The molecule has 0 saturated carbocycles. The van der Waals surface area contributed by atoms with Crippen LogP contribution >= 0.6 is 0 Å². The highest BCUT2D eigenvalue weighted by Crippen LogP contribution is 2.38. The first-order valence-electron chi connectivity index (χ1n) is 5.57. The van der Waals surface area contributed by atoms with Gasteiger partial charge in [0, 0.05) is 17.3 Å². The van der Waals surface area contributed by atoms with Crippen molar-refractivity contribution in [1.29, 1.82) is 0 Å². The van der Waals surface area contributed by atoms with Gasteiger partial charge in [0.15, 0.2) is 0 Å². The van der Waals surface area contributed by atoms with Gasteiger partial charge in [-0.2, -0.15) is 0 Å². The molecule has 0 N–H and O–H groups in total. The highest BCUT2D eigenvalue weighted by molar-refractivity contribution is 6.61. The monoisotopic (exact) mass is 233 g/mol. The summed E-state index contributed by atoms with van der Waals surface area (Å²) in [6.07, 6.45) is 3.15. The van der Waals surface area contributed by atoms with Crippen LogP contribution in [0, 0.1) is 0 Å². The molecule has 0 aliphatic carbocycles. The second-order valence-electron chi connectivity index (χ2n) is 5.32. The van der Waals surface area contributed by atoms with Crippen molar-refractivity contribution in [2.75, 3.05) is 0 Å². The second kappa shape index (κ2) is 3.65. The first kappa shape index (κ1) is 12.3. The Morgan fingerprint density at radius 1 is 1.24 bits per heavy atom. The maximum atomic E-state index is 11.2. The molecular weight excluding hydrogens is 217 g/mol. The smallest absolute Gasteiger partial charge is 0.399 e. The Bertz CT molecular complexity index is 433. The Morgan fingerprint density at radius 2 is 1.76 bits per heavy atom. The van der Waals surface area contributed by atoms with Gasteiger partial charge in [-0.15, -0.1) is 0 Å². The van der Waals surface area contributed by atoms with Gasteiger partial charge in [0.1, 0.15) is 0 Å². The van der Waals surface area contributed by atoms with Gasteiger partial charge in [-0.3, -0.25) is 4.79 Å². The number of aliphatic imine (C=N–C) groups is 1. The number of amides is 1. The minimum absolute atomic E-state index is 0.315. The number of hydrogen-bond acceptors (Lipinski definition) is 3. The summed E-state index contributed by atoms with van der Waals surface area (Å²) in [4.78, 5) is 14.9. The van der Waals surface area contributed by atoms with Crippen LogP contribution in [0.5, 0.6) is 0 Å². The van der Waals surface area contributed by atoms with E-state index >= 15 is 0 Å². The predicted molar refractivity (Wildman–Crippen MR) is 66.8 cm³/mol. The molecule has 2 heterocycles. The predicted octanol–water partition coefficient (Wildman–Crippen LogP) is 1.71. The van der Waals surface area contributed by atoms with E-state index in [1.54, 1.807) is 6.08 Å². The van der Waals surface area contributed by atoms with Crippen LogP contribution in [-0.2, 0) is 14.1 Å². The third-order valence-corrected chi connectivity index (χ3v) is 3.47. The molecule has 5 heteroatoms. The fourth-order valence-electron chi connectivity index (χ4n) is 1.62. The van der Waals surface area contributed by atoms with Crippen LogP contribution in [-0.4, -0.2) is 30.4 Å². The Morgan fingerprint density at radius 3 is 2.24 bits per heavy atom. The quantitative estimate of drug-likeness (QED) is 0.511. The van der Waals surface area contributed by atoms with Crippen molar-refractivity contribution in [3.8, 4) is 0 Å². The average molecular weight is 233 g/mol. The fraction of sp³-hybridized carbons (Fsp3) is 0.500. The molecule has 0 unspecified atom stereocenters. The van der Waals surface area contributed by atoms with Crippen LogP contribution in [0.4, 0.5) is 0 Å². The van der Waals surface area contributed by atoms with Gasteiger partial charge in [0.05, 0.1) is 11.2 Å². The zero-order valence-electron chi connectivity index (χ0n) is 10.6. The standard InChI is InChI=1S/C12H16BNO3/c1-8-6-9(7-14-10(8)15)13-16-11(2,3)12(4,5)17-13/h6-7H,1H2,2-5H3. The maximum absolute atomic E-state index is 11.2. The lowest BCUT2D eigenvalue weighted by molar-refractivity contribution is -0.114. The lowest BCUT2D eigenvalue weighted by atomic mass is 9.77. The number of nitrogens with zero attached hydrogens (tertiary/aromatic N) is 1.